The summed E-state index contributed by atoms with van der Waals surface area (Å²) in [6.45, 7) is 1.29. The average Bonchev–Trinajstić information content (AvgIpc) is 2.38. The molecule has 5 nitrogen and oxygen atoms in total. The quantitative estimate of drug-likeness (QED) is 0.883. The van der Waals surface area contributed by atoms with E-state index in [2.05, 4.69) is 0 Å². The van der Waals surface area contributed by atoms with Crippen LogP contribution >= 0.6 is 0 Å². The molecule has 1 saturated heterocycles. The van der Waals surface area contributed by atoms with Gasteiger partial charge in [0.05, 0.1) is 6.61 Å². The maximum atomic E-state index is 12.8. The predicted octanol–water partition coefficient (Wildman–Crippen LogP) is 2.30. The first-order valence-corrected chi connectivity index (χ1v) is 6.15. The van der Waals surface area contributed by atoms with Crippen molar-refractivity contribution in [3.8, 4) is 11.5 Å². The first-order valence-electron chi connectivity index (χ1n) is 6.15. The molecule has 104 valence electrons. The molecule has 1 amide bonds. The van der Waals surface area contributed by atoms with Crippen molar-refractivity contribution in [1.29, 1.82) is 0 Å². The number of phenols is 1. The van der Waals surface area contributed by atoms with E-state index in [1.807, 2.05) is 0 Å². The highest BCUT2D eigenvalue weighted by atomic mass is 19.1. The first kappa shape index (κ1) is 13.5. The molecule has 0 spiro atoms. The van der Waals surface area contributed by atoms with Crippen LogP contribution in [0.4, 0.5) is 9.18 Å². The Morgan fingerprint density at radius 1 is 1.53 bits per heavy atom. The third-order valence-corrected chi connectivity index (χ3v) is 3.19. The van der Waals surface area contributed by atoms with Gasteiger partial charge in [-0.1, -0.05) is 0 Å². The van der Waals surface area contributed by atoms with E-state index >= 15 is 0 Å². The minimum Gasteiger partial charge on any atom is -0.504 e. The van der Waals surface area contributed by atoms with Crippen molar-refractivity contribution >= 4 is 6.09 Å². The molecule has 0 aromatic heterocycles. The summed E-state index contributed by atoms with van der Waals surface area (Å²) in [4.78, 5) is 12.2. The number of amides is 1. The van der Waals surface area contributed by atoms with E-state index < -0.39 is 11.9 Å². The van der Waals surface area contributed by atoms with Gasteiger partial charge in [-0.15, -0.1) is 0 Å². The van der Waals surface area contributed by atoms with Crippen molar-refractivity contribution in [3.63, 3.8) is 0 Å². The Morgan fingerprint density at radius 2 is 2.32 bits per heavy atom. The molecule has 2 rings (SSSR count). The summed E-state index contributed by atoms with van der Waals surface area (Å²) in [7, 11) is 0. The molecule has 0 radical (unpaired) electrons. The number of aromatic hydroxyl groups is 1. The largest absolute Gasteiger partial charge is 0.504 e. The second kappa shape index (κ2) is 5.77. The minimum atomic E-state index is -0.922. The fourth-order valence-corrected chi connectivity index (χ4v) is 2.20. The monoisotopic (exact) mass is 269 g/mol. The number of carbonyl (C=O) groups is 1. The standard InChI is InChI=1S/C13H16FNO4/c14-10-3-4-12(11(16)6-10)19-8-9-2-1-5-15(7-9)13(17)18/h3-4,6,9,16H,1-2,5,7-8H2,(H,17,18). The summed E-state index contributed by atoms with van der Waals surface area (Å²) in [6, 6.07) is 3.56. The number of hydrogen-bond donors (Lipinski definition) is 2. The molecule has 1 fully saturated rings. The lowest BCUT2D eigenvalue weighted by Gasteiger charge is -2.30. The second-order valence-corrected chi connectivity index (χ2v) is 4.66. The number of nitrogens with zero attached hydrogens (tertiary/aromatic N) is 1. The van der Waals surface area contributed by atoms with E-state index in [-0.39, 0.29) is 17.4 Å². The molecule has 1 atom stereocenters. The number of rotatable bonds is 3. The summed E-state index contributed by atoms with van der Waals surface area (Å²) in [6.07, 6.45) is 0.760. The van der Waals surface area contributed by atoms with Gasteiger partial charge in [-0.2, -0.15) is 0 Å². The molecule has 1 unspecified atom stereocenters. The number of carboxylic acid groups (broad SMARTS) is 1. The molecule has 2 N–H and O–H groups in total. The Bertz CT molecular complexity index is 466. The van der Waals surface area contributed by atoms with Crippen molar-refractivity contribution in [3.05, 3.63) is 24.0 Å². The van der Waals surface area contributed by atoms with Crippen molar-refractivity contribution in [1.82, 2.24) is 4.90 Å². The van der Waals surface area contributed by atoms with E-state index in [1.54, 1.807) is 0 Å². The maximum Gasteiger partial charge on any atom is 0.407 e. The third-order valence-electron chi connectivity index (χ3n) is 3.19. The SMILES string of the molecule is O=C(O)N1CCCC(COc2ccc(F)cc2O)C1. The molecule has 0 bridgehead atoms. The van der Waals surface area contributed by atoms with E-state index in [4.69, 9.17) is 9.84 Å². The van der Waals surface area contributed by atoms with Crippen LogP contribution in [0.1, 0.15) is 12.8 Å². The maximum absolute atomic E-state index is 12.8. The zero-order valence-corrected chi connectivity index (χ0v) is 10.4. The Hall–Kier alpha value is -1.98. The van der Waals surface area contributed by atoms with Crippen LogP contribution in [-0.4, -0.2) is 40.9 Å². The summed E-state index contributed by atoms with van der Waals surface area (Å²) in [5.74, 6) is -0.464. The van der Waals surface area contributed by atoms with Gasteiger partial charge in [-0.25, -0.2) is 9.18 Å². The van der Waals surface area contributed by atoms with Crippen molar-refractivity contribution < 1.29 is 24.1 Å². The zero-order chi connectivity index (χ0) is 13.8. The van der Waals surface area contributed by atoms with Crippen molar-refractivity contribution in [2.24, 2.45) is 5.92 Å². The fourth-order valence-electron chi connectivity index (χ4n) is 2.20. The molecular formula is C13H16FNO4. The highest BCUT2D eigenvalue weighted by Gasteiger charge is 2.23. The topological polar surface area (TPSA) is 70.0 Å². The number of ether oxygens (including phenoxy) is 1. The van der Waals surface area contributed by atoms with Crippen LogP contribution < -0.4 is 4.74 Å². The third kappa shape index (κ3) is 3.49. The number of phenolic OH excluding ortho intramolecular Hbond substituents is 1. The Balaban J connectivity index is 1.89. The molecule has 19 heavy (non-hydrogen) atoms. The van der Waals surface area contributed by atoms with Crippen LogP contribution in [0.3, 0.4) is 0 Å². The molecule has 6 heteroatoms. The lowest BCUT2D eigenvalue weighted by Crippen LogP contribution is -2.40. The highest BCUT2D eigenvalue weighted by Crippen LogP contribution is 2.27. The molecular weight excluding hydrogens is 253 g/mol. The van der Waals surface area contributed by atoms with Gasteiger partial charge < -0.3 is 19.8 Å². The summed E-state index contributed by atoms with van der Waals surface area (Å²) >= 11 is 0. The molecule has 1 aromatic carbocycles. The Kier molecular flexibility index (Phi) is 4.09. The number of benzene rings is 1. The average molecular weight is 269 g/mol. The zero-order valence-electron chi connectivity index (χ0n) is 10.4. The number of halogens is 1. The van der Waals surface area contributed by atoms with E-state index in [1.165, 1.54) is 17.0 Å². The van der Waals surface area contributed by atoms with Crippen LogP contribution in [0.15, 0.2) is 18.2 Å². The van der Waals surface area contributed by atoms with Crippen LogP contribution in [0, 0.1) is 11.7 Å². The van der Waals surface area contributed by atoms with E-state index in [0.29, 0.717) is 19.7 Å². The molecule has 0 aliphatic carbocycles. The van der Waals surface area contributed by atoms with Crippen LogP contribution in [-0.2, 0) is 0 Å². The summed E-state index contributed by atoms with van der Waals surface area (Å²) in [5.41, 5.74) is 0. The van der Waals surface area contributed by atoms with Gasteiger partial charge >= 0.3 is 6.09 Å². The number of likely N-dealkylation sites (tertiary alicyclic amines) is 1. The fraction of sp³-hybridized carbons (Fsp3) is 0.462. The molecule has 1 aliphatic rings. The van der Waals surface area contributed by atoms with Gasteiger partial charge in [-0.05, 0) is 25.0 Å². The molecule has 0 saturated carbocycles. The van der Waals surface area contributed by atoms with Gasteiger partial charge in [0.1, 0.15) is 5.82 Å². The highest BCUT2D eigenvalue weighted by molar-refractivity contribution is 5.65. The van der Waals surface area contributed by atoms with Gasteiger partial charge in [-0.3, -0.25) is 0 Å². The summed E-state index contributed by atoms with van der Waals surface area (Å²) < 4.78 is 18.2. The molecule has 1 aliphatic heterocycles. The number of piperidine rings is 1. The van der Waals surface area contributed by atoms with Gasteiger partial charge in [0.15, 0.2) is 11.5 Å². The van der Waals surface area contributed by atoms with Crippen molar-refractivity contribution in [2.75, 3.05) is 19.7 Å². The van der Waals surface area contributed by atoms with Crippen LogP contribution in [0.5, 0.6) is 11.5 Å². The molecule has 1 heterocycles. The normalized spacial score (nSPS) is 19.2. The van der Waals surface area contributed by atoms with Gasteiger partial charge in [0.2, 0.25) is 0 Å². The van der Waals surface area contributed by atoms with E-state index in [9.17, 15) is 14.3 Å². The lowest BCUT2D eigenvalue weighted by molar-refractivity contribution is 0.104. The van der Waals surface area contributed by atoms with Crippen LogP contribution in [0.2, 0.25) is 0 Å². The minimum absolute atomic E-state index is 0.0919. The molecule has 1 aromatic rings. The Labute approximate surface area is 110 Å². The predicted molar refractivity (Wildman–Crippen MR) is 65.9 cm³/mol. The van der Waals surface area contributed by atoms with Gasteiger partial charge in [0.25, 0.3) is 0 Å². The second-order valence-electron chi connectivity index (χ2n) is 4.66. The van der Waals surface area contributed by atoms with Crippen molar-refractivity contribution in [2.45, 2.75) is 12.8 Å². The Morgan fingerprint density at radius 3 is 3.00 bits per heavy atom. The lowest BCUT2D eigenvalue weighted by atomic mass is 9.99. The van der Waals surface area contributed by atoms with Crippen LogP contribution in [0.25, 0.3) is 0 Å². The van der Waals surface area contributed by atoms with Gasteiger partial charge in [0, 0.05) is 25.1 Å². The smallest absolute Gasteiger partial charge is 0.407 e. The van der Waals surface area contributed by atoms with E-state index in [0.717, 1.165) is 18.9 Å². The first-order chi connectivity index (χ1) is 9.06. The summed E-state index contributed by atoms with van der Waals surface area (Å²) in [5, 5.41) is 18.4. The number of hydrogen-bond acceptors (Lipinski definition) is 3.